The Labute approximate surface area is 137 Å². The van der Waals surface area contributed by atoms with Crippen molar-refractivity contribution in [2.24, 2.45) is 0 Å². The third-order valence-corrected chi connectivity index (χ3v) is 3.92. The van der Waals surface area contributed by atoms with Crippen LogP contribution >= 0.6 is 0 Å². The molecule has 9 heteroatoms. The van der Waals surface area contributed by atoms with Gasteiger partial charge in [-0.3, -0.25) is 19.7 Å². The van der Waals surface area contributed by atoms with Crippen molar-refractivity contribution in [3.05, 3.63) is 28.3 Å². The molecule has 24 heavy (non-hydrogen) atoms. The van der Waals surface area contributed by atoms with Crippen LogP contribution in [0.5, 0.6) is 11.5 Å². The lowest BCUT2D eigenvalue weighted by atomic mass is 9.74. The van der Waals surface area contributed by atoms with Gasteiger partial charge in [-0.25, -0.2) is 0 Å². The van der Waals surface area contributed by atoms with Crippen LogP contribution < -0.4 is 14.8 Å². The maximum Gasteiger partial charge on any atom is 0.311 e. The van der Waals surface area contributed by atoms with Gasteiger partial charge in [0.2, 0.25) is 5.75 Å². The van der Waals surface area contributed by atoms with Gasteiger partial charge in [0.15, 0.2) is 6.61 Å². The fraction of sp³-hybridized carbons (Fsp3) is 0.467. The molecule has 0 aromatic heterocycles. The lowest BCUT2D eigenvalue weighted by molar-refractivity contribution is -0.385. The molecule has 130 valence electrons. The molecule has 0 heterocycles. The minimum absolute atomic E-state index is 0.0271. The number of hydrogen-bond donors (Lipinski definition) is 2. The molecule has 1 aromatic carbocycles. The van der Waals surface area contributed by atoms with Crippen LogP contribution in [0.15, 0.2) is 18.2 Å². The Balaban J connectivity index is 1.94. The van der Waals surface area contributed by atoms with Crippen LogP contribution in [0.2, 0.25) is 0 Å². The molecule has 0 radical (unpaired) electrons. The normalized spacial score (nSPS) is 15.0. The van der Waals surface area contributed by atoms with Crippen molar-refractivity contribution in [1.29, 1.82) is 0 Å². The molecule has 1 saturated carbocycles. The first-order chi connectivity index (χ1) is 11.3. The second-order valence-electron chi connectivity index (χ2n) is 5.63. The van der Waals surface area contributed by atoms with Gasteiger partial charge in [0.25, 0.3) is 5.91 Å². The quantitative estimate of drug-likeness (QED) is 0.543. The molecule has 0 bridgehead atoms. The number of nitrogens with zero attached hydrogens (tertiary/aromatic N) is 1. The molecule has 0 unspecified atom stereocenters. The zero-order valence-corrected chi connectivity index (χ0v) is 13.1. The summed E-state index contributed by atoms with van der Waals surface area (Å²) in [5.41, 5.74) is -0.899. The average Bonchev–Trinajstić information content (AvgIpc) is 2.49. The van der Waals surface area contributed by atoms with Crippen molar-refractivity contribution in [1.82, 2.24) is 5.32 Å². The summed E-state index contributed by atoms with van der Waals surface area (Å²) in [4.78, 5) is 33.1. The first kappa shape index (κ1) is 17.5. The van der Waals surface area contributed by atoms with Gasteiger partial charge in [0.05, 0.1) is 24.0 Å². The van der Waals surface area contributed by atoms with E-state index in [-0.39, 0.29) is 30.2 Å². The van der Waals surface area contributed by atoms with Gasteiger partial charge in [-0.05, 0) is 25.3 Å². The number of benzene rings is 1. The Bertz CT molecular complexity index is 655. The largest absolute Gasteiger partial charge is 0.490 e. The van der Waals surface area contributed by atoms with Gasteiger partial charge in [0, 0.05) is 12.1 Å². The molecular weight excluding hydrogens is 320 g/mol. The summed E-state index contributed by atoms with van der Waals surface area (Å²) in [6.45, 7) is -0.317. The summed E-state index contributed by atoms with van der Waals surface area (Å²) in [7, 11) is 1.30. The molecule has 1 aromatic rings. The van der Waals surface area contributed by atoms with Gasteiger partial charge >= 0.3 is 11.7 Å². The fourth-order valence-corrected chi connectivity index (χ4v) is 2.62. The number of carboxylic acids is 1. The molecular formula is C15H18N2O7. The average molecular weight is 338 g/mol. The van der Waals surface area contributed by atoms with Crippen LogP contribution in [0.1, 0.15) is 25.7 Å². The van der Waals surface area contributed by atoms with Crippen molar-refractivity contribution in [2.75, 3.05) is 13.7 Å². The number of methoxy groups -OCH3 is 1. The molecule has 2 rings (SSSR count). The van der Waals surface area contributed by atoms with Crippen molar-refractivity contribution in [2.45, 2.75) is 31.2 Å². The van der Waals surface area contributed by atoms with E-state index in [0.29, 0.717) is 12.8 Å². The Morgan fingerprint density at radius 3 is 2.62 bits per heavy atom. The van der Waals surface area contributed by atoms with E-state index in [0.717, 1.165) is 6.42 Å². The van der Waals surface area contributed by atoms with Crippen LogP contribution in [0.25, 0.3) is 0 Å². The zero-order valence-electron chi connectivity index (χ0n) is 13.1. The van der Waals surface area contributed by atoms with Crippen LogP contribution in [0.4, 0.5) is 5.69 Å². The zero-order chi connectivity index (χ0) is 17.7. The molecule has 1 fully saturated rings. The standard InChI is InChI=1S/C15H18N2O7/c1-23-12-7-10(3-4-11(12)17(21)22)24-9-13(18)16-15(5-2-6-15)8-14(19)20/h3-4,7H,2,5-6,8-9H2,1H3,(H,16,18)(H,19,20). The maximum absolute atomic E-state index is 12.0. The summed E-state index contributed by atoms with van der Waals surface area (Å²) in [6, 6.07) is 3.91. The van der Waals surface area contributed by atoms with E-state index in [1.165, 1.54) is 25.3 Å². The first-order valence-corrected chi connectivity index (χ1v) is 7.33. The number of carbonyl (C=O) groups excluding carboxylic acids is 1. The van der Waals surface area contributed by atoms with E-state index < -0.39 is 22.3 Å². The molecule has 2 N–H and O–H groups in total. The van der Waals surface area contributed by atoms with Gasteiger partial charge in [0.1, 0.15) is 5.75 Å². The van der Waals surface area contributed by atoms with Crippen molar-refractivity contribution >= 4 is 17.6 Å². The number of nitro benzene ring substituents is 1. The number of amides is 1. The van der Waals surface area contributed by atoms with E-state index in [2.05, 4.69) is 5.32 Å². The summed E-state index contributed by atoms with van der Waals surface area (Å²) in [5.74, 6) is -1.13. The highest BCUT2D eigenvalue weighted by Gasteiger charge is 2.40. The maximum atomic E-state index is 12.0. The van der Waals surface area contributed by atoms with Crippen molar-refractivity contribution < 1.29 is 29.1 Å². The van der Waals surface area contributed by atoms with Crippen LogP contribution in [-0.4, -0.2) is 41.2 Å². The van der Waals surface area contributed by atoms with Gasteiger partial charge in [-0.2, -0.15) is 0 Å². The number of ether oxygens (including phenoxy) is 2. The van der Waals surface area contributed by atoms with Gasteiger partial charge < -0.3 is 19.9 Å². The van der Waals surface area contributed by atoms with Crippen LogP contribution in [0, 0.1) is 10.1 Å². The van der Waals surface area contributed by atoms with Crippen LogP contribution in [0.3, 0.4) is 0 Å². The Hall–Kier alpha value is -2.84. The topological polar surface area (TPSA) is 128 Å². The Morgan fingerprint density at radius 1 is 1.42 bits per heavy atom. The monoisotopic (exact) mass is 338 g/mol. The summed E-state index contributed by atoms with van der Waals surface area (Å²) >= 11 is 0. The predicted octanol–water partition coefficient (Wildman–Crippen LogP) is 1.50. The van der Waals surface area contributed by atoms with E-state index in [9.17, 15) is 19.7 Å². The molecule has 0 spiro atoms. The predicted molar refractivity (Wildman–Crippen MR) is 82.1 cm³/mol. The third kappa shape index (κ3) is 4.12. The molecule has 1 aliphatic rings. The highest BCUT2D eigenvalue weighted by Crippen LogP contribution is 2.35. The van der Waals surface area contributed by atoms with E-state index in [1.54, 1.807) is 0 Å². The Kier molecular flexibility index (Phi) is 5.22. The molecule has 9 nitrogen and oxygen atoms in total. The number of hydrogen-bond acceptors (Lipinski definition) is 6. The van der Waals surface area contributed by atoms with E-state index in [1.807, 2.05) is 0 Å². The second kappa shape index (κ2) is 7.16. The van der Waals surface area contributed by atoms with Gasteiger partial charge in [-0.1, -0.05) is 0 Å². The van der Waals surface area contributed by atoms with Crippen molar-refractivity contribution in [3.8, 4) is 11.5 Å². The van der Waals surface area contributed by atoms with Crippen LogP contribution in [-0.2, 0) is 9.59 Å². The third-order valence-electron chi connectivity index (χ3n) is 3.92. The highest BCUT2D eigenvalue weighted by molar-refractivity contribution is 5.80. The molecule has 1 amide bonds. The fourth-order valence-electron chi connectivity index (χ4n) is 2.62. The Morgan fingerprint density at radius 2 is 2.12 bits per heavy atom. The SMILES string of the molecule is COc1cc(OCC(=O)NC2(CC(=O)O)CCC2)ccc1[N+](=O)[O-]. The van der Waals surface area contributed by atoms with Crippen molar-refractivity contribution in [3.63, 3.8) is 0 Å². The number of rotatable bonds is 8. The number of nitro groups is 1. The highest BCUT2D eigenvalue weighted by atomic mass is 16.6. The number of carboxylic acid groups (broad SMARTS) is 1. The lowest BCUT2D eigenvalue weighted by Gasteiger charge is -2.41. The minimum atomic E-state index is -0.962. The summed E-state index contributed by atoms with van der Waals surface area (Å²) in [5, 5.41) is 22.4. The smallest absolute Gasteiger partial charge is 0.311 e. The molecule has 1 aliphatic carbocycles. The lowest BCUT2D eigenvalue weighted by Crippen LogP contribution is -2.55. The molecule has 0 aliphatic heterocycles. The van der Waals surface area contributed by atoms with E-state index in [4.69, 9.17) is 14.6 Å². The summed E-state index contributed by atoms with van der Waals surface area (Å²) in [6.07, 6.45) is 1.99. The molecule has 0 atom stereocenters. The molecule has 0 saturated heterocycles. The summed E-state index contributed by atoms with van der Waals surface area (Å²) < 4.78 is 10.2. The van der Waals surface area contributed by atoms with Gasteiger partial charge in [-0.15, -0.1) is 0 Å². The number of nitrogens with one attached hydrogen (secondary N) is 1. The number of aliphatic carboxylic acids is 1. The first-order valence-electron chi connectivity index (χ1n) is 7.33. The number of carbonyl (C=O) groups is 2. The van der Waals surface area contributed by atoms with E-state index >= 15 is 0 Å². The minimum Gasteiger partial charge on any atom is -0.490 e. The second-order valence-corrected chi connectivity index (χ2v) is 5.63.